The van der Waals surface area contributed by atoms with E-state index in [2.05, 4.69) is 32.0 Å². The monoisotopic (exact) mass is 464 g/mol. The van der Waals surface area contributed by atoms with Crippen LogP contribution in [0, 0.1) is 0 Å². The van der Waals surface area contributed by atoms with Crippen molar-refractivity contribution in [3.63, 3.8) is 0 Å². The summed E-state index contributed by atoms with van der Waals surface area (Å²) in [6.07, 6.45) is 3.25. The van der Waals surface area contributed by atoms with Crippen LogP contribution >= 0.6 is 11.6 Å². The number of H-pyrrole nitrogens is 1. The van der Waals surface area contributed by atoms with Gasteiger partial charge < -0.3 is 20.4 Å². The Bertz CT molecular complexity index is 1320. The standard InChI is InChI=1S/C24H25ClN6O2/c1-33-13-22-24(32)31(12-16-3-5-18-21(9-16)28-14-29-23(18)26)7-6-30(22)11-15-2-4-17-19(25)10-27-20(17)8-15/h2-5,8-10,14,22,27H,6-7,11-13H2,1H3,(H2,26,28,29). The Kier molecular flexibility index (Phi) is 5.88. The molecule has 170 valence electrons. The number of nitrogens with two attached hydrogens (primary N) is 1. The minimum atomic E-state index is -0.342. The predicted octanol–water partition coefficient (Wildman–Crippen LogP) is 3.21. The number of halogens is 1. The minimum absolute atomic E-state index is 0.0643. The lowest BCUT2D eigenvalue weighted by atomic mass is 10.1. The van der Waals surface area contributed by atoms with E-state index in [1.807, 2.05) is 29.2 Å². The van der Waals surface area contributed by atoms with Gasteiger partial charge >= 0.3 is 0 Å². The van der Waals surface area contributed by atoms with Crippen molar-refractivity contribution in [1.29, 1.82) is 0 Å². The van der Waals surface area contributed by atoms with Gasteiger partial charge in [0, 0.05) is 55.8 Å². The lowest BCUT2D eigenvalue weighted by molar-refractivity contribution is -0.145. The molecule has 0 spiro atoms. The first-order chi connectivity index (χ1) is 16.0. The Morgan fingerprint density at radius 1 is 1.12 bits per heavy atom. The molecule has 1 unspecified atom stereocenters. The number of anilines is 1. The van der Waals surface area contributed by atoms with Crippen LogP contribution in [0.5, 0.6) is 0 Å². The molecule has 5 rings (SSSR count). The van der Waals surface area contributed by atoms with Gasteiger partial charge in [0.2, 0.25) is 5.91 Å². The summed E-state index contributed by atoms with van der Waals surface area (Å²) in [4.78, 5) is 29.0. The number of carbonyl (C=O) groups excluding carboxylic acids is 1. The predicted molar refractivity (Wildman–Crippen MR) is 129 cm³/mol. The molecule has 0 radical (unpaired) electrons. The summed E-state index contributed by atoms with van der Waals surface area (Å²) in [6, 6.07) is 11.7. The number of methoxy groups -OCH3 is 1. The third-order valence-corrected chi connectivity index (χ3v) is 6.52. The first-order valence-corrected chi connectivity index (χ1v) is 11.2. The van der Waals surface area contributed by atoms with Crippen LogP contribution in [0.3, 0.4) is 0 Å². The van der Waals surface area contributed by atoms with Gasteiger partial charge in [-0.05, 0) is 29.3 Å². The van der Waals surface area contributed by atoms with Gasteiger partial charge in [0.25, 0.3) is 0 Å². The number of nitrogens with one attached hydrogen (secondary N) is 1. The Morgan fingerprint density at radius 3 is 2.73 bits per heavy atom. The number of fused-ring (bicyclic) bond motifs is 2. The summed E-state index contributed by atoms with van der Waals surface area (Å²) in [7, 11) is 1.63. The average molecular weight is 465 g/mol. The number of benzene rings is 2. The van der Waals surface area contributed by atoms with Crippen molar-refractivity contribution >= 4 is 45.1 Å². The average Bonchev–Trinajstić information content (AvgIpc) is 3.18. The van der Waals surface area contributed by atoms with Crippen LogP contribution < -0.4 is 5.73 Å². The highest BCUT2D eigenvalue weighted by Gasteiger charge is 2.34. The van der Waals surface area contributed by atoms with Gasteiger partial charge in [-0.1, -0.05) is 29.8 Å². The summed E-state index contributed by atoms with van der Waals surface area (Å²) < 4.78 is 5.42. The van der Waals surface area contributed by atoms with Crippen LogP contribution in [0.25, 0.3) is 21.8 Å². The third-order valence-electron chi connectivity index (χ3n) is 6.21. The van der Waals surface area contributed by atoms with Gasteiger partial charge in [0.1, 0.15) is 18.2 Å². The van der Waals surface area contributed by atoms with Gasteiger partial charge in [0.15, 0.2) is 0 Å². The van der Waals surface area contributed by atoms with E-state index in [-0.39, 0.29) is 11.9 Å². The number of hydrogen-bond donors (Lipinski definition) is 2. The molecular weight excluding hydrogens is 440 g/mol. The number of hydrogen-bond acceptors (Lipinski definition) is 6. The molecule has 2 aromatic heterocycles. The van der Waals surface area contributed by atoms with Crippen LogP contribution in [-0.2, 0) is 22.6 Å². The van der Waals surface area contributed by atoms with E-state index in [0.29, 0.717) is 37.1 Å². The fourth-order valence-corrected chi connectivity index (χ4v) is 4.70. The lowest BCUT2D eigenvalue weighted by Crippen LogP contribution is -2.57. The van der Waals surface area contributed by atoms with E-state index < -0.39 is 0 Å². The second-order valence-electron chi connectivity index (χ2n) is 8.33. The van der Waals surface area contributed by atoms with E-state index in [9.17, 15) is 4.79 Å². The maximum Gasteiger partial charge on any atom is 0.242 e. The summed E-state index contributed by atoms with van der Waals surface area (Å²) in [5.74, 6) is 0.519. The van der Waals surface area contributed by atoms with Crippen molar-refractivity contribution in [2.75, 3.05) is 32.5 Å². The van der Waals surface area contributed by atoms with Crippen LogP contribution in [0.4, 0.5) is 5.82 Å². The maximum atomic E-state index is 13.4. The van der Waals surface area contributed by atoms with E-state index >= 15 is 0 Å². The van der Waals surface area contributed by atoms with Crippen molar-refractivity contribution in [2.45, 2.75) is 19.1 Å². The number of aromatic nitrogens is 3. The molecule has 33 heavy (non-hydrogen) atoms. The summed E-state index contributed by atoms with van der Waals surface area (Å²) in [5, 5.41) is 2.52. The molecule has 1 saturated heterocycles. The highest BCUT2D eigenvalue weighted by Crippen LogP contribution is 2.26. The van der Waals surface area contributed by atoms with Crippen LogP contribution in [0.2, 0.25) is 5.02 Å². The second-order valence-corrected chi connectivity index (χ2v) is 8.74. The molecule has 1 aliphatic rings. The van der Waals surface area contributed by atoms with Crippen molar-refractivity contribution in [3.05, 3.63) is 65.1 Å². The molecule has 2 aromatic carbocycles. The van der Waals surface area contributed by atoms with Crippen LogP contribution in [-0.4, -0.2) is 63.5 Å². The molecule has 3 heterocycles. The SMILES string of the molecule is COCC1C(=O)N(Cc2ccc3c(N)ncnc3c2)CCN1Cc1ccc2c(Cl)c[nH]c2c1. The van der Waals surface area contributed by atoms with E-state index in [4.69, 9.17) is 22.1 Å². The largest absolute Gasteiger partial charge is 0.383 e. The molecule has 0 saturated carbocycles. The molecule has 0 bridgehead atoms. The Hall–Kier alpha value is -3.20. The van der Waals surface area contributed by atoms with Gasteiger partial charge in [-0.25, -0.2) is 9.97 Å². The number of rotatable bonds is 6. The number of nitrogens with zero attached hydrogens (tertiary/aromatic N) is 4. The maximum absolute atomic E-state index is 13.4. The molecule has 1 aliphatic heterocycles. The second kappa shape index (κ2) is 8.97. The highest BCUT2D eigenvalue weighted by molar-refractivity contribution is 6.35. The molecule has 0 aliphatic carbocycles. The first kappa shape index (κ1) is 21.6. The number of piperazine rings is 1. The first-order valence-electron chi connectivity index (χ1n) is 10.8. The Balaban J connectivity index is 1.33. The molecular formula is C24H25ClN6O2. The molecule has 1 fully saturated rings. The Labute approximate surface area is 196 Å². The van der Waals surface area contributed by atoms with E-state index in [0.717, 1.165) is 39.5 Å². The molecule has 4 aromatic rings. The Morgan fingerprint density at radius 2 is 1.91 bits per heavy atom. The zero-order chi connectivity index (χ0) is 22.9. The normalized spacial score (nSPS) is 17.3. The van der Waals surface area contributed by atoms with E-state index in [1.165, 1.54) is 6.33 Å². The number of carbonyl (C=O) groups is 1. The fourth-order valence-electron chi connectivity index (χ4n) is 4.48. The summed E-state index contributed by atoms with van der Waals surface area (Å²) in [5.41, 5.74) is 9.83. The lowest BCUT2D eigenvalue weighted by Gasteiger charge is -2.40. The molecule has 9 heteroatoms. The fraction of sp³-hybridized carbons (Fsp3) is 0.292. The van der Waals surface area contributed by atoms with Crippen LogP contribution in [0.15, 0.2) is 48.9 Å². The topological polar surface area (TPSA) is 100 Å². The van der Waals surface area contributed by atoms with Crippen molar-refractivity contribution in [2.24, 2.45) is 0 Å². The smallest absolute Gasteiger partial charge is 0.242 e. The number of aromatic amines is 1. The van der Waals surface area contributed by atoms with Crippen molar-refractivity contribution in [3.8, 4) is 0 Å². The molecule has 8 nitrogen and oxygen atoms in total. The summed E-state index contributed by atoms with van der Waals surface area (Å²) >= 11 is 6.20. The zero-order valence-corrected chi connectivity index (χ0v) is 19.0. The number of amides is 1. The molecule has 1 amide bonds. The van der Waals surface area contributed by atoms with Crippen molar-refractivity contribution < 1.29 is 9.53 Å². The molecule has 3 N–H and O–H groups in total. The number of nitrogen functional groups attached to an aromatic ring is 1. The van der Waals surface area contributed by atoms with E-state index in [1.54, 1.807) is 13.3 Å². The van der Waals surface area contributed by atoms with Gasteiger partial charge in [-0.2, -0.15) is 0 Å². The van der Waals surface area contributed by atoms with Crippen LogP contribution in [0.1, 0.15) is 11.1 Å². The quantitative estimate of drug-likeness (QED) is 0.454. The minimum Gasteiger partial charge on any atom is -0.383 e. The van der Waals surface area contributed by atoms with Gasteiger partial charge in [0.05, 0.1) is 17.1 Å². The van der Waals surface area contributed by atoms with Gasteiger partial charge in [-0.15, -0.1) is 0 Å². The zero-order valence-electron chi connectivity index (χ0n) is 18.3. The number of ether oxygens (including phenoxy) is 1. The summed E-state index contributed by atoms with van der Waals surface area (Å²) in [6.45, 7) is 2.91. The van der Waals surface area contributed by atoms with Gasteiger partial charge in [-0.3, -0.25) is 9.69 Å². The van der Waals surface area contributed by atoms with Crippen molar-refractivity contribution in [1.82, 2.24) is 24.8 Å². The third kappa shape index (κ3) is 4.25. The highest BCUT2D eigenvalue weighted by atomic mass is 35.5. The molecule has 1 atom stereocenters.